The van der Waals surface area contributed by atoms with Crippen LogP contribution in [0, 0.1) is 0 Å². The van der Waals surface area contributed by atoms with Crippen LogP contribution in [0.2, 0.25) is 0 Å². The first-order valence-electron chi connectivity index (χ1n) is 7.75. The number of aromatic nitrogens is 2. The fourth-order valence-electron chi connectivity index (χ4n) is 2.56. The average molecular weight is 319 g/mol. The van der Waals surface area contributed by atoms with Crippen molar-refractivity contribution in [2.24, 2.45) is 17.8 Å². The first-order chi connectivity index (χ1) is 10.7. The van der Waals surface area contributed by atoms with Crippen molar-refractivity contribution in [3.8, 4) is 0 Å². The highest BCUT2D eigenvalue weighted by Crippen LogP contribution is 2.16. The van der Waals surface area contributed by atoms with Crippen LogP contribution in [0.15, 0.2) is 22.5 Å². The van der Waals surface area contributed by atoms with Gasteiger partial charge < -0.3 is 11.1 Å². The van der Waals surface area contributed by atoms with Crippen molar-refractivity contribution in [3.63, 3.8) is 0 Å². The van der Waals surface area contributed by atoms with Gasteiger partial charge in [-0.1, -0.05) is 19.9 Å². The van der Waals surface area contributed by atoms with E-state index in [1.807, 2.05) is 11.7 Å². The molecule has 2 aromatic heterocycles. The summed E-state index contributed by atoms with van der Waals surface area (Å²) < 4.78 is 1.96. The predicted octanol–water partition coefficient (Wildman–Crippen LogP) is 2.25. The molecule has 0 saturated heterocycles. The van der Waals surface area contributed by atoms with Crippen LogP contribution in [0.3, 0.4) is 0 Å². The zero-order valence-corrected chi connectivity index (χ0v) is 14.4. The summed E-state index contributed by atoms with van der Waals surface area (Å²) in [7, 11) is 1.99. The Bertz CT molecular complexity index is 613. The van der Waals surface area contributed by atoms with E-state index >= 15 is 0 Å². The number of hydrogen-bond donors (Lipinski definition) is 2. The van der Waals surface area contributed by atoms with Gasteiger partial charge >= 0.3 is 0 Å². The van der Waals surface area contributed by atoms with Crippen molar-refractivity contribution in [3.05, 3.63) is 39.3 Å². The van der Waals surface area contributed by atoms with Crippen molar-refractivity contribution >= 4 is 17.3 Å². The largest absolute Gasteiger partial charge is 0.370 e. The number of nitrogens with two attached hydrogens (primary N) is 1. The Morgan fingerprint density at radius 2 is 2.23 bits per heavy atom. The third-order valence-corrected chi connectivity index (χ3v) is 4.63. The number of guanidine groups is 1. The molecule has 0 radical (unpaired) electrons. The summed E-state index contributed by atoms with van der Waals surface area (Å²) >= 11 is 1.77. The molecule has 0 aromatic carbocycles. The van der Waals surface area contributed by atoms with Gasteiger partial charge in [0, 0.05) is 29.7 Å². The summed E-state index contributed by atoms with van der Waals surface area (Å²) in [5, 5.41) is 9.83. The number of thiophene rings is 1. The lowest BCUT2D eigenvalue weighted by Crippen LogP contribution is -2.33. The van der Waals surface area contributed by atoms with E-state index in [0.29, 0.717) is 12.5 Å². The summed E-state index contributed by atoms with van der Waals surface area (Å²) in [6.07, 6.45) is 2.85. The fourth-order valence-corrected chi connectivity index (χ4v) is 3.27. The van der Waals surface area contributed by atoms with Gasteiger partial charge in [-0.3, -0.25) is 4.68 Å². The van der Waals surface area contributed by atoms with Gasteiger partial charge in [-0.15, -0.1) is 11.3 Å². The lowest BCUT2D eigenvalue weighted by Gasteiger charge is -2.06. The highest BCUT2D eigenvalue weighted by Gasteiger charge is 2.12. The highest BCUT2D eigenvalue weighted by molar-refractivity contribution is 7.09. The first kappa shape index (κ1) is 16.5. The van der Waals surface area contributed by atoms with Crippen LogP contribution in [0.5, 0.6) is 0 Å². The highest BCUT2D eigenvalue weighted by atomic mass is 32.1. The number of hydrogen-bond acceptors (Lipinski definition) is 3. The molecule has 3 N–H and O–H groups in total. The molecule has 120 valence electrons. The van der Waals surface area contributed by atoms with E-state index in [4.69, 9.17) is 5.73 Å². The van der Waals surface area contributed by atoms with E-state index in [9.17, 15) is 0 Å². The number of nitrogens with zero attached hydrogens (tertiary/aromatic N) is 3. The maximum Gasteiger partial charge on any atom is 0.188 e. The fraction of sp³-hybridized carbons (Fsp3) is 0.500. The molecule has 0 unspecified atom stereocenters. The van der Waals surface area contributed by atoms with Crippen molar-refractivity contribution < 1.29 is 0 Å². The number of rotatable bonds is 7. The van der Waals surface area contributed by atoms with Gasteiger partial charge in [0.1, 0.15) is 0 Å². The molecule has 0 saturated carbocycles. The van der Waals surface area contributed by atoms with E-state index in [1.165, 1.54) is 16.1 Å². The average Bonchev–Trinajstić information content (AvgIpc) is 3.12. The first-order valence-corrected chi connectivity index (χ1v) is 8.63. The van der Waals surface area contributed by atoms with Crippen LogP contribution >= 0.6 is 11.3 Å². The molecule has 0 fully saturated rings. The summed E-state index contributed by atoms with van der Waals surface area (Å²) in [6.45, 7) is 5.67. The van der Waals surface area contributed by atoms with Gasteiger partial charge in [0.25, 0.3) is 0 Å². The molecule has 2 heterocycles. The Balaban J connectivity index is 1.92. The molecule has 0 aliphatic carbocycles. The third-order valence-electron chi connectivity index (χ3n) is 3.69. The molecule has 22 heavy (non-hydrogen) atoms. The van der Waals surface area contributed by atoms with Gasteiger partial charge in [-0.2, -0.15) is 5.10 Å². The lowest BCUT2D eigenvalue weighted by atomic mass is 10.1. The van der Waals surface area contributed by atoms with Crippen molar-refractivity contribution in [2.75, 3.05) is 6.54 Å². The molecule has 0 spiro atoms. The van der Waals surface area contributed by atoms with Gasteiger partial charge in [0.15, 0.2) is 5.96 Å². The molecule has 5 nitrogen and oxygen atoms in total. The quantitative estimate of drug-likeness (QED) is 0.607. The molecule has 0 atom stereocenters. The predicted molar refractivity (Wildman–Crippen MR) is 93.3 cm³/mol. The summed E-state index contributed by atoms with van der Waals surface area (Å²) in [5.41, 5.74) is 9.55. The number of aliphatic imine (C=N–C) groups is 1. The van der Waals surface area contributed by atoms with Gasteiger partial charge in [-0.25, -0.2) is 4.99 Å². The Hall–Kier alpha value is -1.82. The van der Waals surface area contributed by atoms with Crippen LogP contribution in [0.4, 0.5) is 0 Å². The molecule has 0 aliphatic heterocycles. The van der Waals surface area contributed by atoms with Crippen molar-refractivity contribution in [1.82, 2.24) is 15.1 Å². The topological polar surface area (TPSA) is 68.2 Å². The Morgan fingerprint density at radius 3 is 2.86 bits per heavy atom. The minimum Gasteiger partial charge on any atom is -0.370 e. The zero-order valence-electron chi connectivity index (χ0n) is 13.6. The van der Waals surface area contributed by atoms with Crippen LogP contribution in [0.25, 0.3) is 0 Å². The van der Waals surface area contributed by atoms with Crippen LogP contribution in [0.1, 0.15) is 35.7 Å². The molecule has 0 bridgehead atoms. The van der Waals surface area contributed by atoms with Gasteiger partial charge in [0.05, 0.1) is 12.2 Å². The van der Waals surface area contributed by atoms with E-state index in [-0.39, 0.29) is 0 Å². The second-order valence-electron chi connectivity index (χ2n) is 5.16. The normalized spacial score (nSPS) is 11.9. The number of nitrogens with one attached hydrogen (secondary N) is 1. The molecular weight excluding hydrogens is 294 g/mol. The smallest absolute Gasteiger partial charge is 0.188 e. The Morgan fingerprint density at radius 1 is 1.41 bits per heavy atom. The SMILES string of the molecule is CCc1nn(C)c(CC)c1CN=C(N)NCCc1cccs1. The molecule has 0 aliphatic rings. The maximum atomic E-state index is 5.97. The molecule has 2 aromatic rings. The van der Waals surface area contributed by atoms with Crippen molar-refractivity contribution in [1.29, 1.82) is 0 Å². The Kier molecular flexibility index (Phi) is 6.00. The van der Waals surface area contributed by atoms with Crippen molar-refractivity contribution in [2.45, 2.75) is 39.7 Å². The minimum atomic E-state index is 0.504. The zero-order chi connectivity index (χ0) is 15.9. The molecular formula is C16H25N5S. The maximum absolute atomic E-state index is 5.97. The monoisotopic (exact) mass is 319 g/mol. The van der Waals surface area contributed by atoms with Gasteiger partial charge in [-0.05, 0) is 30.7 Å². The van der Waals surface area contributed by atoms with E-state index in [2.05, 4.69) is 46.8 Å². The summed E-state index contributed by atoms with van der Waals surface area (Å²) in [4.78, 5) is 5.83. The molecule has 6 heteroatoms. The van der Waals surface area contributed by atoms with E-state index in [1.54, 1.807) is 11.3 Å². The molecule has 0 amide bonds. The molecule has 2 rings (SSSR count). The van der Waals surface area contributed by atoms with Crippen LogP contribution in [-0.2, 0) is 32.9 Å². The van der Waals surface area contributed by atoms with Crippen LogP contribution < -0.4 is 11.1 Å². The second kappa shape index (κ2) is 7.98. The van der Waals surface area contributed by atoms with Crippen LogP contribution in [-0.4, -0.2) is 22.3 Å². The lowest BCUT2D eigenvalue weighted by molar-refractivity contribution is 0.703. The minimum absolute atomic E-state index is 0.504. The second-order valence-corrected chi connectivity index (χ2v) is 6.19. The third kappa shape index (κ3) is 4.10. The summed E-state index contributed by atoms with van der Waals surface area (Å²) in [6, 6.07) is 4.20. The van der Waals surface area contributed by atoms with E-state index in [0.717, 1.165) is 31.5 Å². The van der Waals surface area contributed by atoms with E-state index < -0.39 is 0 Å². The number of aryl methyl sites for hydroxylation is 2. The van der Waals surface area contributed by atoms with Gasteiger partial charge in [0.2, 0.25) is 0 Å². The Labute approximate surface area is 136 Å². The summed E-state index contributed by atoms with van der Waals surface area (Å²) in [5.74, 6) is 0.504. The standard InChI is InChI=1S/C16H25N5S/c1-4-14-13(15(5-2)21(3)20-14)11-19-16(17)18-9-8-12-7-6-10-22-12/h6-7,10H,4-5,8-9,11H2,1-3H3,(H3,17,18,19).